The van der Waals surface area contributed by atoms with Gasteiger partial charge in [0.1, 0.15) is 0 Å². The molecule has 0 amide bonds. The normalized spacial score (nSPS) is 11.2. The molecule has 0 aliphatic rings. The van der Waals surface area contributed by atoms with Crippen molar-refractivity contribution in [1.82, 2.24) is 0 Å². The van der Waals surface area contributed by atoms with Gasteiger partial charge < -0.3 is 10.4 Å². The molecule has 0 unspecified atom stereocenters. The highest BCUT2D eigenvalue weighted by Crippen LogP contribution is 2.32. The van der Waals surface area contributed by atoms with Crippen LogP contribution in [0.4, 0.5) is 18.9 Å². The highest BCUT2D eigenvalue weighted by Gasteiger charge is 2.31. The van der Waals surface area contributed by atoms with Gasteiger partial charge >= 0.3 is 12.1 Å². The molecule has 2 N–H and O–H groups in total. The first kappa shape index (κ1) is 14.9. The van der Waals surface area contributed by atoms with Crippen molar-refractivity contribution < 1.29 is 23.1 Å². The number of hydrogen-bond donors (Lipinski definition) is 2. The molecule has 110 valence electrons. The zero-order valence-electron chi connectivity index (χ0n) is 10.8. The van der Waals surface area contributed by atoms with E-state index in [9.17, 15) is 18.0 Å². The molecule has 0 saturated heterocycles. The number of anilines is 1. The quantitative estimate of drug-likeness (QED) is 0.895. The van der Waals surface area contributed by atoms with Crippen LogP contribution in [0.1, 0.15) is 21.5 Å². The van der Waals surface area contributed by atoms with Gasteiger partial charge in [0, 0.05) is 12.2 Å². The molecule has 21 heavy (non-hydrogen) atoms. The van der Waals surface area contributed by atoms with Crippen molar-refractivity contribution in [1.29, 1.82) is 0 Å². The minimum atomic E-state index is -4.57. The van der Waals surface area contributed by atoms with Crippen LogP contribution in [-0.4, -0.2) is 11.1 Å². The van der Waals surface area contributed by atoms with E-state index >= 15 is 0 Å². The predicted octanol–water partition coefficient (Wildman–Crippen LogP) is 4.02. The average Bonchev–Trinajstić information content (AvgIpc) is 2.45. The molecule has 2 aromatic rings. The summed E-state index contributed by atoms with van der Waals surface area (Å²) < 4.78 is 37.8. The Balaban J connectivity index is 2.25. The Hall–Kier alpha value is -2.50. The van der Waals surface area contributed by atoms with Gasteiger partial charge in [0.25, 0.3) is 0 Å². The number of rotatable bonds is 4. The minimum Gasteiger partial charge on any atom is -0.478 e. The molecule has 0 bridgehead atoms. The molecule has 0 aliphatic heterocycles. The first-order valence-corrected chi connectivity index (χ1v) is 6.10. The maximum absolute atomic E-state index is 12.6. The third-order valence-corrected chi connectivity index (χ3v) is 2.90. The number of alkyl halides is 3. The fraction of sp³-hybridized carbons (Fsp3) is 0.133. The maximum atomic E-state index is 12.6. The highest BCUT2D eigenvalue weighted by molar-refractivity contribution is 5.94. The number of hydrogen-bond acceptors (Lipinski definition) is 2. The van der Waals surface area contributed by atoms with Crippen LogP contribution in [0, 0.1) is 0 Å². The molecule has 6 heteroatoms. The second-order valence-electron chi connectivity index (χ2n) is 4.40. The Morgan fingerprint density at radius 3 is 2.33 bits per heavy atom. The van der Waals surface area contributed by atoms with Crippen LogP contribution in [0.15, 0.2) is 48.5 Å². The third kappa shape index (κ3) is 3.75. The van der Waals surface area contributed by atoms with Crippen molar-refractivity contribution in [2.75, 3.05) is 5.32 Å². The Kier molecular flexibility index (Phi) is 4.16. The zero-order valence-corrected chi connectivity index (χ0v) is 10.8. The van der Waals surface area contributed by atoms with Crippen LogP contribution >= 0.6 is 0 Å². The van der Waals surface area contributed by atoms with Gasteiger partial charge in [0.2, 0.25) is 0 Å². The lowest BCUT2D eigenvalue weighted by molar-refractivity contribution is -0.137. The van der Waals surface area contributed by atoms with E-state index in [0.717, 1.165) is 17.7 Å². The number of carboxylic acid groups (broad SMARTS) is 1. The Morgan fingerprint density at radius 1 is 1.10 bits per heavy atom. The van der Waals surface area contributed by atoms with E-state index in [1.54, 1.807) is 0 Å². The molecule has 0 heterocycles. The van der Waals surface area contributed by atoms with E-state index in [1.165, 1.54) is 0 Å². The van der Waals surface area contributed by atoms with Crippen molar-refractivity contribution in [2.45, 2.75) is 12.7 Å². The van der Waals surface area contributed by atoms with Crippen molar-refractivity contribution in [3.05, 3.63) is 65.2 Å². The van der Waals surface area contributed by atoms with Gasteiger partial charge in [-0.05, 0) is 23.8 Å². The number of carbonyl (C=O) groups is 1. The maximum Gasteiger partial charge on any atom is 0.416 e. The Labute approximate surface area is 119 Å². The monoisotopic (exact) mass is 295 g/mol. The number of benzene rings is 2. The van der Waals surface area contributed by atoms with Gasteiger partial charge in [-0.3, -0.25) is 0 Å². The summed E-state index contributed by atoms with van der Waals surface area (Å²) in [7, 11) is 0. The van der Waals surface area contributed by atoms with Crippen molar-refractivity contribution >= 4 is 11.7 Å². The largest absolute Gasteiger partial charge is 0.478 e. The van der Waals surface area contributed by atoms with Crippen LogP contribution in [-0.2, 0) is 12.7 Å². The van der Waals surface area contributed by atoms with Gasteiger partial charge in [0.05, 0.1) is 11.1 Å². The summed E-state index contributed by atoms with van der Waals surface area (Å²) in [6.07, 6.45) is -4.57. The molecule has 3 nitrogen and oxygen atoms in total. The lowest BCUT2D eigenvalue weighted by Gasteiger charge is -2.13. The molecule has 2 rings (SSSR count). The fourth-order valence-corrected chi connectivity index (χ4v) is 1.84. The number of aromatic carboxylic acids is 1. The van der Waals surface area contributed by atoms with Crippen LogP contribution in [0.25, 0.3) is 0 Å². The molecule has 0 aliphatic carbocycles. The summed E-state index contributed by atoms with van der Waals surface area (Å²) in [4.78, 5) is 11.1. The number of halogens is 3. The first-order chi connectivity index (χ1) is 9.88. The van der Waals surface area contributed by atoms with E-state index in [0.29, 0.717) is 12.6 Å². The number of nitrogens with one attached hydrogen (secondary N) is 1. The summed E-state index contributed by atoms with van der Waals surface area (Å²) in [5.74, 6) is -1.41. The predicted molar refractivity (Wildman–Crippen MR) is 72.2 cm³/mol. The molecule has 0 saturated carbocycles. The summed E-state index contributed by atoms with van der Waals surface area (Å²) >= 11 is 0. The van der Waals surface area contributed by atoms with Gasteiger partial charge in [-0.1, -0.05) is 30.3 Å². The fourth-order valence-electron chi connectivity index (χ4n) is 1.84. The lowest BCUT2D eigenvalue weighted by Crippen LogP contribution is -2.11. The van der Waals surface area contributed by atoms with E-state index in [1.807, 2.05) is 30.3 Å². The Morgan fingerprint density at radius 2 is 1.76 bits per heavy atom. The van der Waals surface area contributed by atoms with Gasteiger partial charge in [-0.15, -0.1) is 0 Å². The van der Waals surface area contributed by atoms with E-state index in [4.69, 9.17) is 5.11 Å². The smallest absolute Gasteiger partial charge is 0.416 e. The molecule has 0 aromatic heterocycles. The van der Waals surface area contributed by atoms with Gasteiger partial charge in [-0.25, -0.2) is 4.79 Å². The summed E-state index contributed by atoms with van der Waals surface area (Å²) in [5, 5.41) is 11.9. The lowest BCUT2D eigenvalue weighted by atomic mass is 10.1. The molecule has 2 aromatic carbocycles. The first-order valence-electron chi connectivity index (χ1n) is 6.10. The van der Waals surface area contributed by atoms with Crippen molar-refractivity contribution in [3.8, 4) is 0 Å². The van der Waals surface area contributed by atoms with Crippen LogP contribution in [0.2, 0.25) is 0 Å². The summed E-state index contributed by atoms with van der Waals surface area (Å²) in [5.41, 5.74) is -0.334. The van der Waals surface area contributed by atoms with Crippen molar-refractivity contribution in [2.24, 2.45) is 0 Å². The molecule has 0 radical (unpaired) electrons. The van der Waals surface area contributed by atoms with E-state index in [2.05, 4.69) is 5.32 Å². The highest BCUT2D eigenvalue weighted by atomic mass is 19.4. The minimum absolute atomic E-state index is 0.152. The van der Waals surface area contributed by atoms with Crippen molar-refractivity contribution in [3.63, 3.8) is 0 Å². The SMILES string of the molecule is O=C(O)c1cc(C(F)(F)F)ccc1NCc1ccccc1. The molecule has 0 fully saturated rings. The zero-order chi connectivity index (χ0) is 15.5. The number of carboxylic acids is 1. The van der Waals surface area contributed by atoms with E-state index < -0.39 is 23.3 Å². The van der Waals surface area contributed by atoms with Gasteiger partial charge in [-0.2, -0.15) is 13.2 Å². The Bertz CT molecular complexity index is 639. The van der Waals surface area contributed by atoms with Crippen LogP contribution in [0.5, 0.6) is 0 Å². The van der Waals surface area contributed by atoms with Gasteiger partial charge in [0.15, 0.2) is 0 Å². The average molecular weight is 295 g/mol. The standard InChI is InChI=1S/C15H12F3NO2/c16-15(17,18)11-6-7-13(12(8-11)14(20)21)19-9-10-4-2-1-3-5-10/h1-8,19H,9H2,(H,20,21). The second-order valence-corrected chi connectivity index (χ2v) is 4.40. The molecule has 0 spiro atoms. The topological polar surface area (TPSA) is 49.3 Å². The van der Waals surface area contributed by atoms with Crippen LogP contribution < -0.4 is 5.32 Å². The third-order valence-electron chi connectivity index (χ3n) is 2.90. The van der Waals surface area contributed by atoms with E-state index in [-0.39, 0.29) is 5.69 Å². The van der Waals surface area contributed by atoms with Crippen LogP contribution in [0.3, 0.4) is 0 Å². The molecular formula is C15H12F3NO2. The summed E-state index contributed by atoms with van der Waals surface area (Å²) in [6.45, 7) is 0.326. The second kappa shape index (κ2) is 5.87. The molecular weight excluding hydrogens is 283 g/mol. The molecule has 0 atom stereocenters. The summed E-state index contributed by atoms with van der Waals surface area (Å²) in [6, 6.07) is 11.8.